The van der Waals surface area contributed by atoms with Gasteiger partial charge in [-0.25, -0.2) is 4.79 Å². The monoisotopic (exact) mass is 321 g/mol. The Bertz CT molecular complexity index is 634. The Hall–Kier alpha value is -2.12. The van der Waals surface area contributed by atoms with Crippen LogP contribution in [0.3, 0.4) is 0 Å². The number of carbonyl (C=O) groups excluding carboxylic acids is 1. The van der Waals surface area contributed by atoms with E-state index in [1.54, 1.807) is 11.0 Å². The third-order valence-electron chi connectivity index (χ3n) is 4.54. The lowest BCUT2D eigenvalue weighted by molar-refractivity contribution is -0.182. The molecule has 1 aromatic rings. The molecule has 1 amide bonds. The van der Waals surface area contributed by atoms with Crippen LogP contribution < -0.4 is 4.74 Å². The van der Waals surface area contributed by atoms with E-state index in [1.807, 2.05) is 6.92 Å². The predicted octanol–water partition coefficient (Wildman–Crippen LogP) is 0.676. The molecule has 2 N–H and O–H groups in total. The number of carbonyl (C=O) groups is 2. The molecular formula is C16H19NO6. The number of fused-ring (bicyclic) bond motifs is 1. The Morgan fingerprint density at radius 1 is 1.39 bits per heavy atom. The number of nitrogens with zero attached hydrogens (tertiary/aromatic N) is 1. The Kier molecular flexibility index (Phi) is 3.99. The van der Waals surface area contributed by atoms with E-state index in [-0.39, 0.29) is 43.9 Å². The molecule has 1 atom stereocenters. The van der Waals surface area contributed by atoms with Gasteiger partial charge in [0.05, 0.1) is 38.0 Å². The van der Waals surface area contributed by atoms with Crippen LogP contribution in [-0.2, 0) is 9.53 Å². The Balaban J connectivity index is 1.91. The number of aromatic carboxylic acids is 1. The summed E-state index contributed by atoms with van der Waals surface area (Å²) in [6.07, 6.45) is 0. The Morgan fingerprint density at radius 2 is 2.13 bits per heavy atom. The first-order chi connectivity index (χ1) is 11.0. The number of amides is 1. The fourth-order valence-corrected chi connectivity index (χ4v) is 2.97. The van der Waals surface area contributed by atoms with E-state index in [9.17, 15) is 14.7 Å². The van der Waals surface area contributed by atoms with Crippen LogP contribution in [-0.4, -0.2) is 60.0 Å². The summed E-state index contributed by atoms with van der Waals surface area (Å²) >= 11 is 0. The molecule has 23 heavy (non-hydrogen) atoms. The number of carboxylic acid groups (broad SMARTS) is 1. The van der Waals surface area contributed by atoms with Crippen molar-refractivity contribution in [2.24, 2.45) is 5.41 Å². The minimum Gasteiger partial charge on any atom is -0.491 e. The lowest BCUT2D eigenvalue weighted by atomic mass is 9.84. The maximum absolute atomic E-state index is 12.8. The van der Waals surface area contributed by atoms with Gasteiger partial charge in [-0.05, 0) is 19.1 Å². The van der Waals surface area contributed by atoms with Crippen molar-refractivity contribution in [1.82, 2.24) is 4.90 Å². The average Bonchev–Trinajstić information content (AvgIpc) is 2.65. The van der Waals surface area contributed by atoms with Gasteiger partial charge in [0.1, 0.15) is 17.8 Å². The highest BCUT2D eigenvalue weighted by Gasteiger charge is 2.49. The molecule has 1 aromatic carbocycles. The van der Waals surface area contributed by atoms with Gasteiger partial charge in [-0.1, -0.05) is 6.07 Å². The van der Waals surface area contributed by atoms with Crippen LogP contribution in [0.5, 0.6) is 5.75 Å². The van der Waals surface area contributed by atoms with E-state index >= 15 is 0 Å². The molecule has 124 valence electrons. The van der Waals surface area contributed by atoms with Crippen molar-refractivity contribution in [1.29, 1.82) is 0 Å². The van der Waals surface area contributed by atoms with Gasteiger partial charge in [0, 0.05) is 5.56 Å². The first kappa shape index (κ1) is 15.8. The van der Waals surface area contributed by atoms with Crippen LogP contribution in [0.4, 0.5) is 0 Å². The molecule has 0 aromatic heterocycles. The minimum absolute atomic E-state index is 0.148. The largest absolute Gasteiger partial charge is 0.491 e. The van der Waals surface area contributed by atoms with E-state index in [4.69, 9.17) is 14.6 Å². The lowest BCUT2D eigenvalue weighted by Gasteiger charge is -2.43. The van der Waals surface area contributed by atoms with Gasteiger partial charge in [0.25, 0.3) is 0 Å². The van der Waals surface area contributed by atoms with Gasteiger partial charge in [-0.2, -0.15) is 0 Å². The van der Waals surface area contributed by atoms with Crippen molar-refractivity contribution >= 4 is 11.9 Å². The van der Waals surface area contributed by atoms with Gasteiger partial charge in [-0.15, -0.1) is 0 Å². The maximum Gasteiger partial charge on any atom is 0.335 e. The second kappa shape index (κ2) is 5.82. The molecule has 7 heteroatoms. The third-order valence-corrected chi connectivity index (χ3v) is 4.54. The van der Waals surface area contributed by atoms with Crippen molar-refractivity contribution in [2.75, 3.05) is 33.0 Å². The van der Waals surface area contributed by atoms with Crippen LogP contribution in [0, 0.1) is 5.41 Å². The van der Waals surface area contributed by atoms with Gasteiger partial charge in [0.2, 0.25) is 5.91 Å². The highest BCUT2D eigenvalue weighted by molar-refractivity contribution is 5.88. The summed E-state index contributed by atoms with van der Waals surface area (Å²) in [5.74, 6) is -0.694. The topological polar surface area (TPSA) is 96.3 Å². The summed E-state index contributed by atoms with van der Waals surface area (Å²) in [5.41, 5.74) is 0.0453. The van der Waals surface area contributed by atoms with Crippen molar-refractivity contribution in [3.05, 3.63) is 29.3 Å². The van der Waals surface area contributed by atoms with E-state index in [0.29, 0.717) is 12.3 Å². The first-order valence-electron chi connectivity index (χ1n) is 7.48. The SMILES string of the molecule is C[C@H]1c2ccc(C(=O)O)cc2OCCN1C(=O)C1(CO)COC1. The molecule has 0 saturated carbocycles. The fourth-order valence-electron chi connectivity index (χ4n) is 2.97. The van der Waals surface area contributed by atoms with Gasteiger partial charge in [0.15, 0.2) is 0 Å². The number of aliphatic hydroxyl groups is 1. The molecule has 0 aliphatic carbocycles. The zero-order valence-corrected chi connectivity index (χ0v) is 12.8. The van der Waals surface area contributed by atoms with E-state index in [0.717, 1.165) is 5.56 Å². The van der Waals surface area contributed by atoms with Gasteiger partial charge in [-0.3, -0.25) is 4.79 Å². The summed E-state index contributed by atoms with van der Waals surface area (Å²) in [6, 6.07) is 4.39. The first-order valence-corrected chi connectivity index (χ1v) is 7.48. The van der Waals surface area contributed by atoms with Gasteiger partial charge < -0.3 is 24.6 Å². The molecular weight excluding hydrogens is 302 g/mol. The standard InChI is InChI=1S/C16H19NO6/c1-10-12-3-2-11(14(19)20)6-13(12)23-5-4-17(10)15(21)16(7-18)8-22-9-16/h2-3,6,10,18H,4-5,7-9H2,1H3,(H,19,20)/t10-/m0/s1. The number of rotatable bonds is 3. The molecule has 2 aliphatic rings. The second-order valence-corrected chi connectivity index (χ2v) is 6.01. The van der Waals surface area contributed by atoms with Gasteiger partial charge >= 0.3 is 5.97 Å². The summed E-state index contributed by atoms with van der Waals surface area (Å²) < 4.78 is 10.8. The average molecular weight is 321 g/mol. The van der Waals surface area contributed by atoms with E-state index in [1.165, 1.54) is 12.1 Å². The van der Waals surface area contributed by atoms with Crippen LogP contribution in [0.15, 0.2) is 18.2 Å². The molecule has 7 nitrogen and oxygen atoms in total. The number of hydrogen-bond donors (Lipinski definition) is 2. The van der Waals surface area contributed by atoms with Crippen molar-refractivity contribution in [3.63, 3.8) is 0 Å². The molecule has 1 fully saturated rings. The number of aliphatic hydroxyl groups excluding tert-OH is 1. The Labute approximate surface area is 133 Å². The van der Waals surface area contributed by atoms with Crippen molar-refractivity contribution < 1.29 is 29.3 Å². The van der Waals surface area contributed by atoms with E-state index < -0.39 is 11.4 Å². The second-order valence-electron chi connectivity index (χ2n) is 6.01. The fraction of sp³-hybridized carbons (Fsp3) is 0.500. The summed E-state index contributed by atoms with van der Waals surface area (Å²) in [5, 5.41) is 18.6. The summed E-state index contributed by atoms with van der Waals surface area (Å²) in [4.78, 5) is 25.6. The molecule has 1 saturated heterocycles. The minimum atomic E-state index is -1.02. The highest BCUT2D eigenvalue weighted by atomic mass is 16.5. The maximum atomic E-state index is 12.8. The van der Waals surface area contributed by atoms with Crippen LogP contribution in [0.25, 0.3) is 0 Å². The van der Waals surface area contributed by atoms with E-state index in [2.05, 4.69) is 0 Å². The van der Waals surface area contributed by atoms with Crippen molar-refractivity contribution in [2.45, 2.75) is 13.0 Å². The molecule has 0 spiro atoms. The molecule has 2 heterocycles. The molecule has 3 rings (SSSR count). The zero-order valence-electron chi connectivity index (χ0n) is 12.8. The molecule has 0 bridgehead atoms. The number of benzene rings is 1. The molecule has 0 unspecified atom stereocenters. The third kappa shape index (κ3) is 2.55. The van der Waals surface area contributed by atoms with Crippen LogP contribution >= 0.6 is 0 Å². The Morgan fingerprint density at radius 3 is 2.70 bits per heavy atom. The van der Waals surface area contributed by atoms with Crippen LogP contribution in [0.1, 0.15) is 28.9 Å². The molecule has 0 radical (unpaired) electrons. The predicted molar refractivity (Wildman–Crippen MR) is 79.4 cm³/mol. The summed E-state index contributed by atoms with van der Waals surface area (Å²) in [7, 11) is 0. The normalized spacial score (nSPS) is 22.3. The highest BCUT2D eigenvalue weighted by Crippen LogP contribution is 2.37. The quantitative estimate of drug-likeness (QED) is 0.850. The smallest absolute Gasteiger partial charge is 0.335 e. The summed E-state index contributed by atoms with van der Waals surface area (Å²) in [6.45, 7) is 2.71. The lowest BCUT2D eigenvalue weighted by Crippen LogP contribution is -2.58. The molecule has 2 aliphatic heterocycles. The number of ether oxygens (including phenoxy) is 2. The van der Waals surface area contributed by atoms with Crippen molar-refractivity contribution in [3.8, 4) is 5.75 Å². The number of hydrogen-bond acceptors (Lipinski definition) is 5. The number of carboxylic acids is 1. The van der Waals surface area contributed by atoms with Crippen LogP contribution in [0.2, 0.25) is 0 Å². The zero-order chi connectivity index (χ0) is 16.6.